The maximum Gasteiger partial charge on any atom is -0.0167 e. The van der Waals surface area contributed by atoms with Gasteiger partial charge in [0.15, 0.2) is 0 Å². The summed E-state index contributed by atoms with van der Waals surface area (Å²) in [6.45, 7) is 11.8. The molecule has 0 aliphatic heterocycles. The van der Waals surface area contributed by atoms with E-state index >= 15 is 0 Å². The molecule has 0 saturated heterocycles. The van der Waals surface area contributed by atoms with Gasteiger partial charge in [-0.2, -0.15) is 0 Å². The second-order valence-corrected chi connectivity index (χ2v) is 7.39. The molecule has 0 amide bonds. The van der Waals surface area contributed by atoms with Gasteiger partial charge in [0, 0.05) is 0 Å². The lowest BCUT2D eigenvalue weighted by Gasteiger charge is -2.29. The van der Waals surface area contributed by atoms with E-state index in [1.165, 1.54) is 32.1 Å². The van der Waals surface area contributed by atoms with Crippen LogP contribution in [-0.4, -0.2) is 0 Å². The van der Waals surface area contributed by atoms with E-state index in [9.17, 15) is 0 Å². The molecule has 3 aliphatic carbocycles. The molecule has 0 bridgehead atoms. The number of hydrogen-bond donors (Lipinski definition) is 0. The summed E-state index contributed by atoms with van der Waals surface area (Å²) in [6, 6.07) is 0. The second kappa shape index (κ2) is 2.70. The van der Waals surface area contributed by atoms with E-state index in [1.807, 2.05) is 0 Å². The molecular formula is C15H24. The fourth-order valence-electron chi connectivity index (χ4n) is 4.67. The van der Waals surface area contributed by atoms with Gasteiger partial charge in [0.05, 0.1) is 0 Å². The van der Waals surface area contributed by atoms with Crippen LogP contribution in [0.15, 0.2) is 12.2 Å². The third kappa shape index (κ3) is 1.33. The van der Waals surface area contributed by atoms with Crippen molar-refractivity contribution in [3.63, 3.8) is 0 Å². The van der Waals surface area contributed by atoms with Crippen molar-refractivity contribution in [3.05, 3.63) is 12.2 Å². The normalized spacial score (nSPS) is 51.9. The van der Waals surface area contributed by atoms with Crippen molar-refractivity contribution in [1.82, 2.24) is 0 Å². The smallest absolute Gasteiger partial charge is 0.0167 e. The van der Waals surface area contributed by atoms with Crippen molar-refractivity contribution in [2.24, 2.45) is 28.6 Å². The summed E-state index contributed by atoms with van der Waals surface area (Å²) in [5, 5.41) is 0. The number of hydrogen-bond acceptors (Lipinski definition) is 0. The summed E-state index contributed by atoms with van der Waals surface area (Å²) in [7, 11) is 0. The summed E-state index contributed by atoms with van der Waals surface area (Å²) < 4.78 is 0. The van der Waals surface area contributed by atoms with Crippen molar-refractivity contribution in [3.8, 4) is 0 Å². The molecule has 3 saturated carbocycles. The minimum absolute atomic E-state index is 0.565. The van der Waals surface area contributed by atoms with Crippen LogP contribution in [0.25, 0.3) is 0 Å². The van der Waals surface area contributed by atoms with Crippen LogP contribution in [0, 0.1) is 28.6 Å². The first kappa shape index (κ1) is 9.93. The molecule has 4 atom stereocenters. The van der Waals surface area contributed by atoms with Crippen LogP contribution in [-0.2, 0) is 0 Å². The van der Waals surface area contributed by atoms with E-state index in [1.54, 1.807) is 5.57 Å². The van der Waals surface area contributed by atoms with Gasteiger partial charge in [-0.1, -0.05) is 32.9 Å². The first-order valence-electron chi connectivity index (χ1n) is 6.60. The molecule has 3 rings (SSSR count). The Balaban J connectivity index is 1.95. The Morgan fingerprint density at radius 3 is 2.60 bits per heavy atom. The molecule has 84 valence electrons. The zero-order valence-electron chi connectivity index (χ0n) is 10.5. The topological polar surface area (TPSA) is 0 Å². The van der Waals surface area contributed by atoms with Crippen molar-refractivity contribution < 1.29 is 0 Å². The SMILES string of the molecule is C=C1CC[C@H]2[C@H]1CC(C)(C)C[C@H]1C[C@]12C. The van der Waals surface area contributed by atoms with Gasteiger partial charge in [-0.05, 0) is 60.7 Å². The Bertz CT molecular complexity index is 312. The van der Waals surface area contributed by atoms with E-state index in [4.69, 9.17) is 0 Å². The highest BCUT2D eigenvalue weighted by atomic mass is 14.7. The summed E-state index contributed by atoms with van der Waals surface area (Å²) >= 11 is 0. The molecule has 0 heterocycles. The molecule has 3 aliphatic rings. The van der Waals surface area contributed by atoms with Gasteiger partial charge < -0.3 is 0 Å². The molecular weight excluding hydrogens is 180 g/mol. The fourth-order valence-corrected chi connectivity index (χ4v) is 4.67. The third-order valence-corrected chi connectivity index (χ3v) is 5.66. The Hall–Kier alpha value is -0.260. The summed E-state index contributed by atoms with van der Waals surface area (Å²) in [6.07, 6.45) is 7.12. The predicted octanol–water partition coefficient (Wildman–Crippen LogP) is 4.42. The van der Waals surface area contributed by atoms with E-state index in [0.717, 1.165) is 17.8 Å². The van der Waals surface area contributed by atoms with Crippen LogP contribution >= 0.6 is 0 Å². The van der Waals surface area contributed by atoms with Crippen LogP contribution in [0.5, 0.6) is 0 Å². The molecule has 0 aromatic carbocycles. The van der Waals surface area contributed by atoms with Gasteiger partial charge in [-0.25, -0.2) is 0 Å². The number of allylic oxidation sites excluding steroid dienone is 1. The summed E-state index contributed by atoms with van der Waals surface area (Å²) in [5.74, 6) is 2.88. The minimum atomic E-state index is 0.565. The Labute approximate surface area is 94.1 Å². The van der Waals surface area contributed by atoms with Crippen LogP contribution in [0.4, 0.5) is 0 Å². The van der Waals surface area contributed by atoms with Crippen molar-refractivity contribution in [2.45, 2.75) is 52.9 Å². The van der Waals surface area contributed by atoms with E-state index < -0.39 is 0 Å². The van der Waals surface area contributed by atoms with Gasteiger partial charge in [-0.15, -0.1) is 0 Å². The highest BCUT2D eigenvalue weighted by molar-refractivity contribution is 5.20. The molecule has 0 aromatic rings. The molecule has 0 unspecified atom stereocenters. The second-order valence-electron chi connectivity index (χ2n) is 7.39. The maximum atomic E-state index is 4.33. The number of rotatable bonds is 0. The molecule has 15 heavy (non-hydrogen) atoms. The zero-order chi connectivity index (χ0) is 10.8. The van der Waals surface area contributed by atoms with Crippen LogP contribution < -0.4 is 0 Å². The van der Waals surface area contributed by atoms with Crippen LogP contribution in [0.2, 0.25) is 0 Å². The monoisotopic (exact) mass is 204 g/mol. The molecule has 0 heteroatoms. The first-order valence-corrected chi connectivity index (χ1v) is 6.60. The third-order valence-electron chi connectivity index (χ3n) is 5.66. The highest BCUT2D eigenvalue weighted by Gasteiger charge is 2.61. The van der Waals surface area contributed by atoms with Gasteiger partial charge in [-0.3, -0.25) is 0 Å². The van der Waals surface area contributed by atoms with E-state index in [-0.39, 0.29) is 0 Å². The van der Waals surface area contributed by atoms with Crippen molar-refractivity contribution in [1.29, 1.82) is 0 Å². The molecule has 0 N–H and O–H groups in total. The molecule has 0 spiro atoms. The first-order chi connectivity index (χ1) is 6.92. The van der Waals surface area contributed by atoms with Gasteiger partial charge in [0.1, 0.15) is 0 Å². The molecule has 0 aromatic heterocycles. The van der Waals surface area contributed by atoms with Crippen LogP contribution in [0.1, 0.15) is 52.9 Å². The zero-order valence-corrected chi connectivity index (χ0v) is 10.5. The quantitative estimate of drug-likeness (QED) is 0.513. The average molecular weight is 204 g/mol. The maximum absolute atomic E-state index is 4.33. The van der Waals surface area contributed by atoms with Gasteiger partial charge in [0.25, 0.3) is 0 Å². The van der Waals surface area contributed by atoms with Crippen molar-refractivity contribution >= 4 is 0 Å². The Morgan fingerprint density at radius 2 is 1.87 bits per heavy atom. The van der Waals surface area contributed by atoms with E-state index in [0.29, 0.717) is 10.8 Å². The molecule has 0 radical (unpaired) electrons. The highest BCUT2D eigenvalue weighted by Crippen LogP contribution is 2.70. The fraction of sp³-hybridized carbons (Fsp3) is 0.867. The Morgan fingerprint density at radius 1 is 1.13 bits per heavy atom. The van der Waals surface area contributed by atoms with Gasteiger partial charge >= 0.3 is 0 Å². The summed E-state index contributed by atoms with van der Waals surface area (Å²) in [4.78, 5) is 0. The molecule has 0 nitrogen and oxygen atoms in total. The standard InChI is InChI=1S/C15H24/c1-10-5-6-13-12(10)9-14(2,3)7-11-8-15(11,13)4/h11-13H,1,5-9H2,2-4H3/t11-,12-,13-,15+/m0/s1. The predicted molar refractivity (Wildman–Crippen MR) is 64.6 cm³/mol. The van der Waals surface area contributed by atoms with Crippen LogP contribution in [0.3, 0.4) is 0 Å². The largest absolute Gasteiger partial charge is 0.0996 e. The van der Waals surface area contributed by atoms with Gasteiger partial charge in [0.2, 0.25) is 0 Å². The average Bonchev–Trinajstić information content (AvgIpc) is 2.59. The van der Waals surface area contributed by atoms with Crippen molar-refractivity contribution in [2.75, 3.05) is 0 Å². The minimum Gasteiger partial charge on any atom is -0.0996 e. The molecule has 3 fully saturated rings. The Kier molecular flexibility index (Phi) is 1.79. The lowest BCUT2D eigenvalue weighted by atomic mass is 9.75. The van der Waals surface area contributed by atoms with E-state index in [2.05, 4.69) is 27.4 Å². The number of fused-ring (bicyclic) bond motifs is 3. The summed E-state index contributed by atoms with van der Waals surface area (Å²) in [5.41, 5.74) is 2.84. The lowest BCUT2D eigenvalue weighted by Crippen LogP contribution is -2.21. The lowest BCUT2D eigenvalue weighted by molar-refractivity contribution is 0.232.